The third-order valence-corrected chi connectivity index (χ3v) is 7.16. The van der Waals surface area contributed by atoms with Gasteiger partial charge in [0.2, 0.25) is 5.88 Å². The number of carboxylic acid groups (broad SMARTS) is 1. The molecule has 1 aliphatic heterocycles. The molecule has 2 aromatic heterocycles. The highest BCUT2D eigenvalue weighted by Crippen LogP contribution is 2.39. The fourth-order valence-electron chi connectivity index (χ4n) is 5.24. The van der Waals surface area contributed by atoms with Gasteiger partial charge in [-0.2, -0.15) is 0 Å². The minimum atomic E-state index is -1.04. The molecule has 2 aliphatic rings. The van der Waals surface area contributed by atoms with Crippen molar-refractivity contribution in [3.8, 4) is 17.0 Å². The first-order valence-corrected chi connectivity index (χ1v) is 12.8. The van der Waals surface area contributed by atoms with Gasteiger partial charge in [0.1, 0.15) is 0 Å². The molecule has 1 N–H and O–H groups in total. The summed E-state index contributed by atoms with van der Waals surface area (Å²) in [5.41, 5.74) is 3.56. The number of piperazine rings is 1. The molecule has 0 radical (unpaired) electrons. The Morgan fingerprint density at radius 2 is 1.74 bits per heavy atom. The number of hydrogen-bond acceptors (Lipinski definition) is 6. The van der Waals surface area contributed by atoms with Gasteiger partial charge in [-0.3, -0.25) is 0 Å². The average Bonchev–Trinajstić information content (AvgIpc) is 3.22. The van der Waals surface area contributed by atoms with Crippen molar-refractivity contribution in [3.63, 3.8) is 0 Å². The number of carboxylic acids is 1. The molecule has 1 aromatic carbocycles. The smallest absolute Gasteiger partial charge is 0.354 e. The van der Waals surface area contributed by atoms with Crippen LogP contribution in [0, 0.1) is 0 Å². The standard InChI is InChI=1S/C27H35N5O3/c1-18(2)35-26-24-22(19-9-11-20(12-10-19)31-15-13-30(3)14-16-31)17-23(27(33)34)28-25(24)32(29-26)21-7-5-4-6-8-21/h9-12,17-18,21H,4-8,13-16H2,1-3H3,(H,33,34). The van der Waals surface area contributed by atoms with E-state index in [1.54, 1.807) is 6.07 Å². The predicted molar refractivity (Wildman–Crippen MR) is 138 cm³/mol. The average molecular weight is 478 g/mol. The number of likely N-dealkylation sites (N-methyl/N-ethyl adjacent to an activating group) is 1. The van der Waals surface area contributed by atoms with Gasteiger partial charge in [0.15, 0.2) is 11.3 Å². The van der Waals surface area contributed by atoms with Crippen LogP contribution in [0.2, 0.25) is 0 Å². The molecule has 8 nitrogen and oxygen atoms in total. The number of nitrogens with zero attached hydrogens (tertiary/aromatic N) is 5. The van der Waals surface area contributed by atoms with E-state index in [1.807, 2.05) is 18.5 Å². The molecule has 3 aromatic rings. The summed E-state index contributed by atoms with van der Waals surface area (Å²) in [4.78, 5) is 21.4. The second-order valence-electron chi connectivity index (χ2n) is 10.1. The molecule has 1 saturated heterocycles. The van der Waals surface area contributed by atoms with Crippen LogP contribution in [0.15, 0.2) is 30.3 Å². The quantitative estimate of drug-likeness (QED) is 0.544. The van der Waals surface area contributed by atoms with E-state index >= 15 is 0 Å². The van der Waals surface area contributed by atoms with Gasteiger partial charge >= 0.3 is 5.97 Å². The lowest BCUT2D eigenvalue weighted by atomic mass is 9.95. The van der Waals surface area contributed by atoms with Crippen molar-refractivity contribution in [2.75, 3.05) is 38.1 Å². The number of ether oxygens (including phenoxy) is 1. The first kappa shape index (κ1) is 23.6. The molecule has 0 unspecified atom stereocenters. The van der Waals surface area contributed by atoms with Gasteiger partial charge in [-0.25, -0.2) is 14.5 Å². The lowest BCUT2D eigenvalue weighted by Crippen LogP contribution is -2.44. The summed E-state index contributed by atoms with van der Waals surface area (Å²) in [5, 5.41) is 15.5. The van der Waals surface area contributed by atoms with Crippen LogP contribution in [0.25, 0.3) is 22.2 Å². The normalized spacial score (nSPS) is 17.9. The number of anilines is 1. The molecule has 1 saturated carbocycles. The molecule has 186 valence electrons. The van der Waals surface area contributed by atoms with Crippen molar-refractivity contribution in [1.82, 2.24) is 19.7 Å². The van der Waals surface area contributed by atoms with Crippen LogP contribution in [0.1, 0.15) is 62.5 Å². The topological polar surface area (TPSA) is 83.7 Å². The minimum Gasteiger partial charge on any atom is -0.477 e. The van der Waals surface area contributed by atoms with E-state index in [9.17, 15) is 9.90 Å². The van der Waals surface area contributed by atoms with E-state index in [-0.39, 0.29) is 17.8 Å². The van der Waals surface area contributed by atoms with Crippen molar-refractivity contribution in [2.45, 2.75) is 58.1 Å². The highest BCUT2D eigenvalue weighted by atomic mass is 16.5. The molecule has 0 amide bonds. The van der Waals surface area contributed by atoms with Crippen molar-refractivity contribution in [2.24, 2.45) is 0 Å². The Hall–Kier alpha value is -3.13. The Labute approximate surface area is 206 Å². The Kier molecular flexibility index (Phi) is 6.65. The number of aromatic nitrogens is 3. The van der Waals surface area contributed by atoms with Gasteiger partial charge in [-0.1, -0.05) is 31.4 Å². The van der Waals surface area contributed by atoms with Gasteiger partial charge in [0.05, 0.1) is 17.5 Å². The Morgan fingerprint density at radius 3 is 2.37 bits per heavy atom. The molecule has 35 heavy (non-hydrogen) atoms. The van der Waals surface area contributed by atoms with Gasteiger partial charge in [-0.15, -0.1) is 5.10 Å². The first-order chi connectivity index (χ1) is 16.9. The zero-order valence-electron chi connectivity index (χ0n) is 20.9. The molecule has 0 spiro atoms. The maximum Gasteiger partial charge on any atom is 0.354 e. The van der Waals surface area contributed by atoms with Crippen LogP contribution in [0.4, 0.5) is 5.69 Å². The van der Waals surface area contributed by atoms with E-state index in [1.165, 1.54) is 12.1 Å². The molecule has 1 aliphatic carbocycles. The Morgan fingerprint density at radius 1 is 1.06 bits per heavy atom. The zero-order valence-corrected chi connectivity index (χ0v) is 20.9. The fourth-order valence-corrected chi connectivity index (χ4v) is 5.24. The molecule has 3 heterocycles. The van der Waals surface area contributed by atoms with Gasteiger partial charge in [0.25, 0.3) is 0 Å². The van der Waals surface area contributed by atoms with Gasteiger partial charge in [-0.05, 0) is 57.5 Å². The van der Waals surface area contributed by atoms with Crippen LogP contribution in [0.5, 0.6) is 5.88 Å². The molecular weight excluding hydrogens is 442 g/mol. The largest absolute Gasteiger partial charge is 0.477 e. The highest BCUT2D eigenvalue weighted by molar-refractivity contribution is 6.01. The summed E-state index contributed by atoms with van der Waals surface area (Å²) >= 11 is 0. The fraction of sp³-hybridized carbons (Fsp3) is 0.519. The number of carbonyl (C=O) groups is 1. The van der Waals surface area contributed by atoms with Crippen molar-refractivity contribution >= 4 is 22.7 Å². The predicted octanol–water partition coefficient (Wildman–Crippen LogP) is 4.84. The molecule has 0 atom stereocenters. The molecule has 5 rings (SSSR count). The lowest BCUT2D eigenvalue weighted by molar-refractivity contribution is 0.0691. The van der Waals surface area contributed by atoms with Crippen LogP contribution in [-0.2, 0) is 0 Å². The number of aromatic carboxylic acids is 1. The summed E-state index contributed by atoms with van der Waals surface area (Å²) in [6.45, 7) is 8.05. The number of fused-ring (bicyclic) bond motifs is 1. The summed E-state index contributed by atoms with van der Waals surface area (Å²) in [7, 11) is 2.15. The number of rotatable bonds is 6. The minimum absolute atomic E-state index is 0.0312. The number of benzene rings is 1. The second kappa shape index (κ2) is 9.85. The maximum absolute atomic E-state index is 12.1. The first-order valence-electron chi connectivity index (χ1n) is 12.8. The van der Waals surface area contributed by atoms with Crippen molar-refractivity contribution in [3.05, 3.63) is 36.0 Å². The van der Waals surface area contributed by atoms with E-state index < -0.39 is 5.97 Å². The van der Waals surface area contributed by atoms with Crippen LogP contribution in [-0.4, -0.2) is 70.1 Å². The molecule has 0 bridgehead atoms. The molecule has 2 fully saturated rings. The maximum atomic E-state index is 12.1. The number of pyridine rings is 1. The van der Waals surface area contributed by atoms with Gasteiger partial charge < -0.3 is 19.6 Å². The molecular formula is C27H35N5O3. The highest BCUT2D eigenvalue weighted by Gasteiger charge is 2.27. The summed E-state index contributed by atoms with van der Waals surface area (Å²) in [6.07, 6.45) is 5.50. The SMILES string of the molecule is CC(C)Oc1nn(C2CCCCC2)c2nc(C(=O)O)cc(-c3ccc(N4CCN(C)CC4)cc3)c12. The van der Waals surface area contributed by atoms with E-state index in [4.69, 9.17) is 9.84 Å². The van der Waals surface area contributed by atoms with Crippen LogP contribution < -0.4 is 9.64 Å². The summed E-state index contributed by atoms with van der Waals surface area (Å²) in [6, 6.07) is 10.3. The third-order valence-electron chi connectivity index (χ3n) is 7.16. The molecule has 8 heteroatoms. The zero-order chi connectivity index (χ0) is 24.5. The lowest BCUT2D eigenvalue weighted by Gasteiger charge is -2.34. The summed E-state index contributed by atoms with van der Waals surface area (Å²) in [5.74, 6) is -0.506. The second-order valence-corrected chi connectivity index (χ2v) is 10.1. The van der Waals surface area contributed by atoms with E-state index in [0.717, 1.165) is 68.4 Å². The Bertz CT molecular complexity index is 1190. The van der Waals surface area contributed by atoms with Crippen molar-refractivity contribution in [1.29, 1.82) is 0 Å². The van der Waals surface area contributed by atoms with Crippen LogP contribution >= 0.6 is 0 Å². The van der Waals surface area contributed by atoms with Crippen LogP contribution in [0.3, 0.4) is 0 Å². The van der Waals surface area contributed by atoms with Crippen molar-refractivity contribution < 1.29 is 14.6 Å². The monoisotopic (exact) mass is 477 g/mol. The van der Waals surface area contributed by atoms with Gasteiger partial charge in [0, 0.05) is 37.4 Å². The summed E-state index contributed by atoms with van der Waals surface area (Å²) < 4.78 is 8.09. The number of hydrogen-bond donors (Lipinski definition) is 1. The third kappa shape index (κ3) is 4.85. The Balaban J connectivity index is 1.62. The van der Waals surface area contributed by atoms with E-state index in [0.29, 0.717) is 11.5 Å². The van der Waals surface area contributed by atoms with E-state index in [2.05, 4.69) is 46.1 Å².